The maximum atomic E-state index is 12.7. The lowest BCUT2D eigenvalue weighted by atomic mass is 10.2. The number of alkyl halides is 3. The van der Waals surface area contributed by atoms with Crippen LogP contribution in [0.3, 0.4) is 0 Å². The van der Waals surface area contributed by atoms with Gasteiger partial charge in [0.1, 0.15) is 0 Å². The van der Waals surface area contributed by atoms with Crippen LogP contribution in [-0.4, -0.2) is 16.4 Å². The monoisotopic (exact) mass is 408 g/mol. The van der Waals surface area contributed by atoms with Crippen LogP contribution < -0.4 is 10.2 Å². The predicted octanol–water partition coefficient (Wildman–Crippen LogP) is 4.82. The second kappa shape index (κ2) is 9.18. The molecule has 0 bridgehead atoms. The lowest BCUT2D eigenvalue weighted by molar-refractivity contribution is -0.137. The Bertz CT molecular complexity index is 905. The van der Waals surface area contributed by atoms with Gasteiger partial charge >= 0.3 is 6.18 Å². The van der Waals surface area contributed by atoms with E-state index in [1.807, 2.05) is 12.1 Å². The summed E-state index contributed by atoms with van der Waals surface area (Å²) in [4.78, 5) is 21.1. The average Bonchev–Trinajstić information content (AvgIpc) is 2.68. The number of pyridine rings is 2. The van der Waals surface area contributed by atoms with Crippen LogP contribution in [-0.2, 0) is 17.5 Å². The highest BCUT2D eigenvalue weighted by molar-refractivity contribution is 5.90. The number of nitrogens with zero attached hydrogens (tertiary/aromatic N) is 3. The first-order valence-electron chi connectivity index (χ1n) is 7.98. The van der Waals surface area contributed by atoms with Crippen molar-refractivity contribution >= 4 is 36.0 Å². The molecule has 28 heavy (non-hydrogen) atoms. The number of benzene rings is 1. The molecule has 0 aliphatic rings. The lowest BCUT2D eigenvalue weighted by Gasteiger charge is -2.21. The summed E-state index contributed by atoms with van der Waals surface area (Å²) >= 11 is 0. The SMILES string of the molecule is Cl.O=CN(c1ccc(C(F)(F)F)cc1)c1cccnc1NCc1ccncc1. The highest BCUT2D eigenvalue weighted by Gasteiger charge is 2.30. The molecule has 3 aromatic rings. The summed E-state index contributed by atoms with van der Waals surface area (Å²) in [6.45, 7) is 0.451. The summed E-state index contributed by atoms with van der Waals surface area (Å²) in [5, 5.41) is 3.13. The number of rotatable bonds is 6. The van der Waals surface area contributed by atoms with E-state index in [9.17, 15) is 18.0 Å². The quantitative estimate of drug-likeness (QED) is 0.594. The first-order valence-corrected chi connectivity index (χ1v) is 7.98. The van der Waals surface area contributed by atoms with E-state index in [-0.39, 0.29) is 12.4 Å². The molecule has 2 heterocycles. The van der Waals surface area contributed by atoms with Gasteiger partial charge in [-0.15, -0.1) is 12.4 Å². The van der Waals surface area contributed by atoms with Crippen LogP contribution in [0, 0.1) is 0 Å². The molecule has 0 aliphatic carbocycles. The molecule has 1 amide bonds. The molecule has 1 N–H and O–H groups in total. The number of amides is 1. The third kappa shape index (κ3) is 4.98. The molecule has 0 spiro atoms. The zero-order valence-corrected chi connectivity index (χ0v) is 15.2. The molecule has 3 rings (SSSR count). The molecule has 0 saturated carbocycles. The van der Waals surface area contributed by atoms with Crippen LogP contribution in [0.1, 0.15) is 11.1 Å². The Morgan fingerprint density at radius 3 is 2.29 bits per heavy atom. The van der Waals surface area contributed by atoms with E-state index >= 15 is 0 Å². The number of nitrogens with one attached hydrogen (secondary N) is 1. The summed E-state index contributed by atoms with van der Waals surface area (Å²) in [6.07, 6.45) is 0.994. The molecule has 0 radical (unpaired) electrons. The van der Waals surface area contributed by atoms with E-state index in [4.69, 9.17) is 0 Å². The van der Waals surface area contributed by atoms with Crippen LogP contribution in [0.25, 0.3) is 0 Å². The third-order valence-electron chi connectivity index (χ3n) is 3.83. The second-order valence-corrected chi connectivity index (χ2v) is 5.60. The Hall–Kier alpha value is -3.13. The van der Waals surface area contributed by atoms with E-state index in [0.717, 1.165) is 17.7 Å². The molecule has 0 aliphatic heterocycles. The Balaban J connectivity index is 0.00000280. The first kappa shape index (κ1) is 21.2. The zero-order chi connectivity index (χ0) is 19.3. The number of aromatic nitrogens is 2. The lowest BCUT2D eigenvalue weighted by Crippen LogP contribution is -2.17. The second-order valence-electron chi connectivity index (χ2n) is 5.60. The molecule has 9 heteroatoms. The van der Waals surface area contributed by atoms with E-state index in [0.29, 0.717) is 30.1 Å². The van der Waals surface area contributed by atoms with Gasteiger partial charge in [0.05, 0.1) is 11.3 Å². The summed E-state index contributed by atoms with van der Waals surface area (Å²) in [5.41, 5.74) is 0.924. The van der Waals surface area contributed by atoms with Gasteiger partial charge in [-0.2, -0.15) is 13.2 Å². The minimum atomic E-state index is -4.43. The molecule has 1 aromatic carbocycles. The maximum Gasteiger partial charge on any atom is 0.416 e. The van der Waals surface area contributed by atoms with Gasteiger partial charge in [-0.1, -0.05) is 0 Å². The van der Waals surface area contributed by atoms with Crippen molar-refractivity contribution in [2.75, 3.05) is 10.2 Å². The van der Waals surface area contributed by atoms with Gasteiger partial charge in [0, 0.05) is 30.8 Å². The first-order chi connectivity index (χ1) is 13.0. The average molecular weight is 409 g/mol. The van der Waals surface area contributed by atoms with E-state index < -0.39 is 11.7 Å². The van der Waals surface area contributed by atoms with Gasteiger partial charge in [-0.05, 0) is 54.1 Å². The van der Waals surface area contributed by atoms with Crippen molar-refractivity contribution in [1.29, 1.82) is 0 Å². The molecule has 146 valence electrons. The van der Waals surface area contributed by atoms with Crippen molar-refractivity contribution < 1.29 is 18.0 Å². The number of anilines is 3. The number of hydrogen-bond donors (Lipinski definition) is 1. The van der Waals surface area contributed by atoms with Crippen LogP contribution in [0.15, 0.2) is 67.1 Å². The van der Waals surface area contributed by atoms with E-state index in [2.05, 4.69) is 15.3 Å². The standard InChI is InChI=1S/C19H15F3N4O.ClH/c20-19(21,22)15-3-5-16(6-4-15)26(13-27)17-2-1-9-24-18(17)25-12-14-7-10-23-11-8-14;/h1-11,13H,12H2,(H,24,25);1H. The molecule has 0 atom stereocenters. The van der Waals surface area contributed by atoms with Crippen molar-refractivity contribution in [2.45, 2.75) is 12.7 Å². The van der Waals surface area contributed by atoms with Crippen LogP contribution in [0.5, 0.6) is 0 Å². The number of carbonyl (C=O) groups excluding carboxylic acids is 1. The van der Waals surface area contributed by atoms with Gasteiger partial charge in [0.25, 0.3) is 0 Å². The largest absolute Gasteiger partial charge is 0.416 e. The van der Waals surface area contributed by atoms with Gasteiger partial charge < -0.3 is 5.32 Å². The predicted molar refractivity (Wildman–Crippen MR) is 103 cm³/mol. The third-order valence-corrected chi connectivity index (χ3v) is 3.83. The Morgan fingerprint density at radius 1 is 1.00 bits per heavy atom. The highest BCUT2D eigenvalue weighted by atomic mass is 35.5. The van der Waals surface area contributed by atoms with Gasteiger partial charge in [-0.25, -0.2) is 4.98 Å². The van der Waals surface area contributed by atoms with E-state index in [1.165, 1.54) is 17.0 Å². The molecule has 0 unspecified atom stereocenters. The highest BCUT2D eigenvalue weighted by Crippen LogP contribution is 2.33. The number of carbonyl (C=O) groups is 1. The van der Waals surface area contributed by atoms with Crippen molar-refractivity contribution in [1.82, 2.24) is 9.97 Å². The maximum absolute atomic E-state index is 12.7. The molecule has 2 aromatic heterocycles. The van der Waals surface area contributed by atoms with Gasteiger partial charge in [0.2, 0.25) is 6.41 Å². The number of halogens is 4. The summed E-state index contributed by atoms with van der Waals surface area (Å²) in [7, 11) is 0. The summed E-state index contributed by atoms with van der Waals surface area (Å²) in [6, 6.07) is 11.3. The fourth-order valence-corrected chi connectivity index (χ4v) is 2.48. The minimum absolute atomic E-state index is 0. The van der Waals surface area contributed by atoms with Crippen LogP contribution in [0.4, 0.5) is 30.4 Å². The minimum Gasteiger partial charge on any atom is -0.364 e. The normalized spacial score (nSPS) is 10.7. The molecular formula is C19H16ClF3N4O. The van der Waals surface area contributed by atoms with Gasteiger partial charge in [-0.3, -0.25) is 14.7 Å². The van der Waals surface area contributed by atoms with Crippen molar-refractivity contribution in [3.63, 3.8) is 0 Å². The smallest absolute Gasteiger partial charge is 0.364 e. The Morgan fingerprint density at radius 2 is 1.68 bits per heavy atom. The zero-order valence-electron chi connectivity index (χ0n) is 14.4. The summed E-state index contributed by atoms with van der Waals surface area (Å²) in [5.74, 6) is 0.432. The number of hydrogen-bond acceptors (Lipinski definition) is 4. The Labute approximate surface area is 165 Å². The van der Waals surface area contributed by atoms with Crippen molar-refractivity contribution in [3.8, 4) is 0 Å². The van der Waals surface area contributed by atoms with Crippen molar-refractivity contribution in [3.05, 3.63) is 78.2 Å². The fourth-order valence-electron chi connectivity index (χ4n) is 2.48. The summed E-state index contributed by atoms with van der Waals surface area (Å²) < 4.78 is 38.2. The Kier molecular flexibility index (Phi) is 6.94. The fraction of sp³-hybridized carbons (Fsp3) is 0.105. The van der Waals surface area contributed by atoms with Crippen LogP contribution >= 0.6 is 12.4 Å². The van der Waals surface area contributed by atoms with Gasteiger partial charge in [0.15, 0.2) is 5.82 Å². The van der Waals surface area contributed by atoms with E-state index in [1.54, 1.807) is 30.7 Å². The topological polar surface area (TPSA) is 58.1 Å². The van der Waals surface area contributed by atoms with Crippen LogP contribution in [0.2, 0.25) is 0 Å². The molecule has 5 nitrogen and oxygen atoms in total. The molecule has 0 saturated heterocycles. The molecule has 0 fully saturated rings. The molecular weight excluding hydrogens is 393 g/mol. The van der Waals surface area contributed by atoms with Crippen molar-refractivity contribution in [2.24, 2.45) is 0 Å².